The third-order valence-electron chi connectivity index (χ3n) is 2.73. The number of amides is 1. The molecule has 0 aliphatic rings. The van der Waals surface area contributed by atoms with Crippen molar-refractivity contribution in [1.29, 1.82) is 5.41 Å². The number of carbonyl (C=O) groups is 2. The van der Waals surface area contributed by atoms with Gasteiger partial charge in [0.1, 0.15) is 18.1 Å². The first-order valence-corrected chi connectivity index (χ1v) is 8.01. The van der Waals surface area contributed by atoms with Crippen molar-refractivity contribution in [3.8, 4) is 5.75 Å². The number of hydrogen-bond donors (Lipinski definition) is 3. The van der Waals surface area contributed by atoms with Crippen LogP contribution in [0.25, 0.3) is 0 Å². The molecule has 0 saturated carbocycles. The predicted octanol–water partition coefficient (Wildman–Crippen LogP) is 2.02. The summed E-state index contributed by atoms with van der Waals surface area (Å²) in [4.78, 5) is 25.6. The largest absolute Gasteiger partial charge is 0.493 e. The quantitative estimate of drug-likeness (QED) is 0.253. The molecule has 0 fully saturated rings. The minimum atomic E-state index is -0.715. The van der Waals surface area contributed by atoms with Gasteiger partial charge in [-0.2, -0.15) is 0 Å². The number of ether oxygens (including phenoxy) is 2. The molecule has 25 heavy (non-hydrogen) atoms. The molecule has 8 nitrogen and oxygen atoms in total. The van der Waals surface area contributed by atoms with Crippen molar-refractivity contribution in [3.05, 3.63) is 29.3 Å². The van der Waals surface area contributed by atoms with Crippen molar-refractivity contribution in [2.24, 2.45) is 4.99 Å². The maximum atomic E-state index is 11.5. The second-order valence-corrected chi connectivity index (χ2v) is 5.37. The molecule has 136 valence electrons. The molecular formula is C16H21ClN4O4. The van der Waals surface area contributed by atoms with Gasteiger partial charge in [-0.05, 0) is 31.5 Å². The van der Waals surface area contributed by atoms with E-state index in [0.29, 0.717) is 36.6 Å². The summed E-state index contributed by atoms with van der Waals surface area (Å²) in [5.74, 6) is 0.395. The van der Waals surface area contributed by atoms with Crippen LogP contribution in [0.1, 0.15) is 13.3 Å². The Morgan fingerprint density at radius 3 is 3.00 bits per heavy atom. The molecule has 3 N–H and O–H groups in total. The number of alkyl carbamates (subject to hydrolysis) is 1. The highest BCUT2D eigenvalue weighted by atomic mass is 35.5. The Morgan fingerprint density at radius 1 is 1.48 bits per heavy atom. The van der Waals surface area contributed by atoms with Crippen LogP contribution in [0.5, 0.6) is 5.75 Å². The van der Waals surface area contributed by atoms with Crippen LogP contribution in [0.3, 0.4) is 0 Å². The molecular weight excluding hydrogens is 348 g/mol. The normalized spacial score (nSPS) is 11.6. The van der Waals surface area contributed by atoms with E-state index >= 15 is 0 Å². The number of nitrogens with one attached hydrogen (secondary N) is 3. The van der Waals surface area contributed by atoms with Crippen molar-refractivity contribution in [3.63, 3.8) is 0 Å². The fourth-order valence-corrected chi connectivity index (χ4v) is 1.72. The van der Waals surface area contributed by atoms with Crippen LogP contribution in [0.2, 0.25) is 5.02 Å². The predicted molar refractivity (Wildman–Crippen MR) is 95.8 cm³/mol. The van der Waals surface area contributed by atoms with Gasteiger partial charge in [-0.1, -0.05) is 17.7 Å². The van der Waals surface area contributed by atoms with Crippen LogP contribution in [-0.4, -0.2) is 50.4 Å². The van der Waals surface area contributed by atoms with Gasteiger partial charge in [-0.15, -0.1) is 0 Å². The van der Waals surface area contributed by atoms with Crippen LogP contribution >= 0.6 is 11.6 Å². The minimum Gasteiger partial charge on any atom is -0.493 e. The molecule has 1 atom stereocenters. The van der Waals surface area contributed by atoms with Crippen molar-refractivity contribution >= 4 is 36.2 Å². The Bertz CT molecular complexity index is 610. The third-order valence-corrected chi connectivity index (χ3v) is 2.97. The van der Waals surface area contributed by atoms with Gasteiger partial charge in [0.05, 0.1) is 19.5 Å². The summed E-state index contributed by atoms with van der Waals surface area (Å²) >= 11 is 5.84. The van der Waals surface area contributed by atoms with E-state index in [1.54, 1.807) is 31.2 Å². The second kappa shape index (κ2) is 11.9. The number of rotatable bonds is 10. The average molecular weight is 369 g/mol. The first-order valence-electron chi connectivity index (χ1n) is 7.63. The lowest BCUT2D eigenvalue weighted by atomic mass is 10.3. The molecule has 1 aromatic rings. The van der Waals surface area contributed by atoms with E-state index in [0.717, 1.165) is 0 Å². The molecule has 0 heterocycles. The van der Waals surface area contributed by atoms with Gasteiger partial charge in [0.25, 0.3) is 0 Å². The van der Waals surface area contributed by atoms with Gasteiger partial charge < -0.3 is 24.9 Å². The summed E-state index contributed by atoms with van der Waals surface area (Å²) in [6, 6.07) is 6.58. The van der Waals surface area contributed by atoms with Crippen molar-refractivity contribution < 1.29 is 19.1 Å². The van der Waals surface area contributed by atoms with E-state index in [4.69, 9.17) is 26.5 Å². The fourth-order valence-electron chi connectivity index (χ4n) is 1.54. The van der Waals surface area contributed by atoms with Crippen LogP contribution in [0.15, 0.2) is 29.3 Å². The smallest absolute Gasteiger partial charge is 0.413 e. The van der Waals surface area contributed by atoms with Crippen LogP contribution in [0, 0.1) is 5.41 Å². The molecule has 1 aromatic carbocycles. The monoisotopic (exact) mass is 368 g/mol. The first-order chi connectivity index (χ1) is 12.0. The zero-order chi connectivity index (χ0) is 18.5. The molecule has 0 radical (unpaired) electrons. The van der Waals surface area contributed by atoms with E-state index in [1.807, 2.05) is 0 Å². The van der Waals surface area contributed by atoms with E-state index in [9.17, 15) is 9.59 Å². The number of nitrogens with zero attached hydrogens (tertiary/aromatic N) is 1. The summed E-state index contributed by atoms with van der Waals surface area (Å²) in [6.07, 6.45) is 1.84. The van der Waals surface area contributed by atoms with Gasteiger partial charge in [-0.3, -0.25) is 10.4 Å². The standard InChI is InChI=1S/C16H21ClN4O4/c1-12(10-22)21-11-19-9-15(18)25-16(23)20-6-3-7-24-14-5-2-4-13(17)8-14/h2,4-5,8,10-12,18H,3,6-7,9H2,1H3,(H,19,21)(H,20,23). The summed E-state index contributed by atoms with van der Waals surface area (Å²) < 4.78 is 10.2. The van der Waals surface area contributed by atoms with Crippen molar-refractivity contribution in [1.82, 2.24) is 10.6 Å². The van der Waals surface area contributed by atoms with E-state index in [2.05, 4.69) is 15.6 Å². The van der Waals surface area contributed by atoms with Crippen LogP contribution in [0.4, 0.5) is 4.79 Å². The Labute approximate surface area is 151 Å². The molecule has 9 heteroatoms. The zero-order valence-electron chi connectivity index (χ0n) is 13.8. The number of hydrogen-bond acceptors (Lipinski definition) is 6. The summed E-state index contributed by atoms with van der Waals surface area (Å²) in [6.45, 7) is 2.36. The molecule has 1 amide bonds. The highest BCUT2D eigenvalue weighted by molar-refractivity contribution is 6.30. The van der Waals surface area contributed by atoms with Gasteiger partial charge in [0.2, 0.25) is 5.90 Å². The van der Waals surface area contributed by atoms with Gasteiger partial charge in [-0.25, -0.2) is 4.79 Å². The van der Waals surface area contributed by atoms with E-state index in [-0.39, 0.29) is 12.4 Å². The lowest BCUT2D eigenvalue weighted by Crippen LogP contribution is -2.32. The number of halogens is 1. The van der Waals surface area contributed by atoms with Crippen LogP contribution in [-0.2, 0) is 9.53 Å². The highest BCUT2D eigenvalue weighted by Gasteiger charge is 2.05. The summed E-state index contributed by atoms with van der Waals surface area (Å²) in [7, 11) is 0. The maximum Gasteiger partial charge on any atom is 0.413 e. The van der Waals surface area contributed by atoms with E-state index < -0.39 is 12.1 Å². The maximum absolute atomic E-state index is 11.5. The highest BCUT2D eigenvalue weighted by Crippen LogP contribution is 2.16. The zero-order valence-corrected chi connectivity index (χ0v) is 14.6. The summed E-state index contributed by atoms with van der Waals surface area (Å²) in [5.41, 5.74) is 0. The van der Waals surface area contributed by atoms with Gasteiger partial charge in [0.15, 0.2) is 0 Å². The lowest BCUT2D eigenvalue weighted by molar-refractivity contribution is -0.108. The number of benzene rings is 1. The van der Waals surface area contributed by atoms with Crippen molar-refractivity contribution in [2.45, 2.75) is 19.4 Å². The minimum absolute atomic E-state index is 0.0135. The lowest BCUT2D eigenvalue weighted by Gasteiger charge is -2.08. The number of aldehydes is 1. The van der Waals surface area contributed by atoms with Gasteiger partial charge >= 0.3 is 6.09 Å². The van der Waals surface area contributed by atoms with Gasteiger partial charge in [0, 0.05) is 11.6 Å². The second-order valence-electron chi connectivity index (χ2n) is 4.93. The third kappa shape index (κ3) is 9.98. The fraction of sp³-hybridized carbons (Fsp3) is 0.375. The molecule has 1 unspecified atom stereocenters. The SMILES string of the molecule is CC(C=O)/N=C\NCC(=N)OC(=O)NCCCOc1cccc(Cl)c1. The van der Waals surface area contributed by atoms with Crippen LogP contribution < -0.4 is 15.4 Å². The molecule has 0 saturated heterocycles. The van der Waals surface area contributed by atoms with Crippen molar-refractivity contribution in [2.75, 3.05) is 19.7 Å². The number of aliphatic imine (C=N–C) groups is 1. The molecule has 0 aromatic heterocycles. The molecule has 0 spiro atoms. The topological polar surface area (TPSA) is 113 Å². The summed E-state index contributed by atoms with van der Waals surface area (Å²) in [5, 5.41) is 13.2. The molecule has 0 aliphatic heterocycles. The Kier molecular flexibility index (Phi) is 9.69. The Balaban J connectivity index is 2.09. The Morgan fingerprint density at radius 2 is 2.28 bits per heavy atom. The Hall–Kier alpha value is -2.61. The molecule has 0 bridgehead atoms. The first kappa shape index (κ1) is 20.4. The van der Waals surface area contributed by atoms with E-state index in [1.165, 1.54) is 6.34 Å². The molecule has 0 aliphatic carbocycles. The molecule has 1 rings (SSSR count). The average Bonchev–Trinajstić information content (AvgIpc) is 2.58. The number of carbonyl (C=O) groups excluding carboxylic acids is 2.